The molecular weight excluding hydrogens is 316 g/mol. The minimum absolute atomic E-state index is 0.0443. The second-order valence-corrected chi connectivity index (χ2v) is 6.83. The summed E-state index contributed by atoms with van der Waals surface area (Å²) >= 11 is 0. The summed E-state index contributed by atoms with van der Waals surface area (Å²) in [6, 6.07) is 7.59. The fraction of sp³-hybridized carbons (Fsp3) is 0.421. The predicted octanol–water partition coefficient (Wildman–Crippen LogP) is 2.63. The molecule has 1 aromatic heterocycles. The summed E-state index contributed by atoms with van der Waals surface area (Å²) in [5, 5.41) is 9.28. The molecule has 2 N–H and O–H groups in total. The highest BCUT2D eigenvalue weighted by Crippen LogP contribution is 2.24. The number of benzene rings is 1. The molecule has 0 saturated carbocycles. The molecule has 132 valence electrons. The molecule has 3 rings (SSSR count). The zero-order valence-corrected chi connectivity index (χ0v) is 14.7. The van der Waals surface area contributed by atoms with Crippen LogP contribution in [0.25, 0.3) is 0 Å². The van der Waals surface area contributed by atoms with Crippen LogP contribution in [0.5, 0.6) is 0 Å². The fourth-order valence-corrected chi connectivity index (χ4v) is 3.42. The molecule has 0 bridgehead atoms. The maximum Gasteiger partial charge on any atom is 0.266 e. The summed E-state index contributed by atoms with van der Waals surface area (Å²) in [4.78, 5) is 26.0. The van der Waals surface area contributed by atoms with E-state index in [0.29, 0.717) is 6.42 Å². The van der Waals surface area contributed by atoms with Gasteiger partial charge in [0.2, 0.25) is 5.91 Å². The van der Waals surface area contributed by atoms with E-state index in [0.717, 1.165) is 42.9 Å². The summed E-state index contributed by atoms with van der Waals surface area (Å²) in [5.41, 5.74) is 3.76. The van der Waals surface area contributed by atoms with Crippen molar-refractivity contribution in [3.63, 3.8) is 0 Å². The van der Waals surface area contributed by atoms with Gasteiger partial charge in [0, 0.05) is 31.3 Å². The van der Waals surface area contributed by atoms with Crippen LogP contribution in [0.15, 0.2) is 35.3 Å². The van der Waals surface area contributed by atoms with Crippen LogP contribution in [0.3, 0.4) is 0 Å². The molecule has 0 aliphatic carbocycles. The van der Waals surface area contributed by atoms with Crippen LogP contribution in [-0.2, 0) is 4.79 Å². The topological polar surface area (TPSA) is 78.1 Å². The van der Waals surface area contributed by atoms with Crippen molar-refractivity contribution in [1.29, 1.82) is 0 Å². The van der Waals surface area contributed by atoms with Gasteiger partial charge in [0.15, 0.2) is 0 Å². The fourth-order valence-electron chi connectivity index (χ4n) is 3.42. The van der Waals surface area contributed by atoms with Gasteiger partial charge in [-0.25, -0.2) is 5.10 Å². The van der Waals surface area contributed by atoms with E-state index in [1.165, 1.54) is 5.56 Å². The highest BCUT2D eigenvalue weighted by Gasteiger charge is 2.23. The lowest BCUT2D eigenvalue weighted by atomic mass is 9.94. The van der Waals surface area contributed by atoms with E-state index in [1.807, 2.05) is 26.0 Å². The second kappa shape index (κ2) is 7.51. The van der Waals surface area contributed by atoms with Crippen molar-refractivity contribution in [3.8, 4) is 0 Å². The van der Waals surface area contributed by atoms with Crippen molar-refractivity contribution in [2.75, 3.05) is 23.3 Å². The molecule has 2 heterocycles. The normalized spacial score (nSPS) is 17.4. The molecule has 0 spiro atoms. The maximum atomic E-state index is 12.4. The third kappa shape index (κ3) is 4.47. The van der Waals surface area contributed by atoms with Gasteiger partial charge in [0.05, 0.1) is 11.9 Å². The van der Waals surface area contributed by atoms with Gasteiger partial charge in [0.25, 0.3) is 5.56 Å². The molecule has 1 saturated heterocycles. The summed E-state index contributed by atoms with van der Waals surface area (Å²) in [6.07, 6.45) is 4.18. The van der Waals surface area contributed by atoms with Crippen LogP contribution in [0.4, 0.5) is 11.4 Å². The van der Waals surface area contributed by atoms with Crippen molar-refractivity contribution < 1.29 is 4.79 Å². The third-order valence-electron chi connectivity index (χ3n) is 4.66. The Morgan fingerprint density at radius 1 is 1.36 bits per heavy atom. The molecule has 6 nitrogen and oxygen atoms in total. The first kappa shape index (κ1) is 17.2. The quantitative estimate of drug-likeness (QED) is 0.897. The number of anilines is 2. The number of hydrogen-bond acceptors (Lipinski definition) is 4. The number of nitrogens with one attached hydrogen (secondary N) is 2. The molecule has 1 aromatic carbocycles. The number of hydrogen-bond donors (Lipinski definition) is 2. The van der Waals surface area contributed by atoms with Crippen LogP contribution in [0, 0.1) is 19.8 Å². The monoisotopic (exact) mass is 340 g/mol. The zero-order valence-electron chi connectivity index (χ0n) is 14.7. The molecule has 6 heteroatoms. The second-order valence-electron chi connectivity index (χ2n) is 6.83. The Morgan fingerprint density at radius 3 is 2.96 bits per heavy atom. The molecule has 1 amide bonds. The third-order valence-corrected chi connectivity index (χ3v) is 4.66. The van der Waals surface area contributed by atoms with Gasteiger partial charge in [-0.1, -0.05) is 17.7 Å². The largest absolute Gasteiger partial charge is 0.370 e. The summed E-state index contributed by atoms with van der Waals surface area (Å²) in [7, 11) is 0. The van der Waals surface area contributed by atoms with Gasteiger partial charge in [-0.05, 0) is 44.2 Å². The van der Waals surface area contributed by atoms with E-state index in [-0.39, 0.29) is 17.4 Å². The molecule has 1 aliphatic rings. The number of carbonyl (C=O) groups is 1. The van der Waals surface area contributed by atoms with Gasteiger partial charge in [0.1, 0.15) is 0 Å². The zero-order chi connectivity index (χ0) is 17.8. The standard InChI is InChI=1S/C19H24N4O2/c1-13-5-6-17(14(2)8-13)21-18(24)9-15-4-3-7-23(12-15)16-10-19(25)22-20-11-16/h5-6,8,10-11,15H,3-4,7,9,12H2,1-2H3,(H,21,24)(H,22,25). The first-order chi connectivity index (χ1) is 12.0. The highest BCUT2D eigenvalue weighted by atomic mass is 16.1. The summed E-state index contributed by atoms with van der Waals surface area (Å²) < 4.78 is 0. The Morgan fingerprint density at radius 2 is 2.20 bits per heavy atom. The number of aryl methyl sites for hydroxylation is 2. The average Bonchev–Trinajstić information content (AvgIpc) is 2.58. The molecular formula is C19H24N4O2. The number of carbonyl (C=O) groups excluding carboxylic acids is 1. The molecule has 1 unspecified atom stereocenters. The van der Waals surface area contributed by atoms with E-state index in [2.05, 4.69) is 26.5 Å². The molecule has 25 heavy (non-hydrogen) atoms. The molecule has 1 fully saturated rings. The van der Waals surface area contributed by atoms with Crippen LogP contribution < -0.4 is 15.8 Å². The van der Waals surface area contributed by atoms with Crippen LogP contribution in [-0.4, -0.2) is 29.2 Å². The van der Waals surface area contributed by atoms with Crippen molar-refractivity contribution in [1.82, 2.24) is 10.2 Å². The van der Waals surface area contributed by atoms with Crippen molar-refractivity contribution >= 4 is 17.3 Å². The van der Waals surface area contributed by atoms with E-state index >= 15 is 0 Å². The Labute approximate surface area is 147 Å². The molecule has 2 aromatic rings. The molecule has 1 atom stereocenters. The lowest BCUT2D eigenvalue weighted by Crippen LogP contribution is -2.37. The van der Waals surface area contributed by atoms with Crippen molar-refractivity contribution in [2.45, 2.75) is 33.1 Å². The Kier molecular flexibility index (Phi) is 5.16. The summed E-state index contributed by atoms with van der Waals surface area (Å²) in [5.74, 6) is 0.321. The highest BCUT2D eigenvalue weighted by molar-refractivity contribution is 5.91. The maximum absolute atomic E-state index is 12.4. The van der Waals surface area contributed by atoms with E-state index in [4.69, 9.17) is 0 Å². The molecule has 0 radical (unpaired) electrons. The Balaban J connectivity index is 1.60. The van der Waals surface area contributed by atoms with Gasteiger partial charge in [-0.3, -0.25) is 9.59 Å². The first-order valence-electron chi connectivity index (χ1n) is 8.68. The summed E-state index contributed by atoms with van der Waals surface area (Å²) in [6.45, 7) is 5.70. The van der Waals surface area contributed by atoms with Crippen molar-refractivity contribution in [3.05, 3.63) is 51.9 Å². The van der Waals surface area contributed by atoms with Crippen LogP contribution in [0.1, 0.15) is 30.4 Å². The van der Waals surface area contributed by atoms with Gasteiger partial charge in [-0.15, -0.1) is 0 Å². The predicted molar refractivity (Wildman–Crippen MR) is 99.0 cm³/mol. The van der Waals surface area contributed by atoms with Gasteiger partial charge < -0.3 is 10.2 Å². The lowest BCUT2D eigenvalue weighted by Gasteiger charge is -2.33. The van der Waals surface area contributed by atoms with Crippen LogP contribution >= 0.6 is 0 Å². The minimum Gasteiger partial charge on any atom is -0.370 e. The van der Waals surface area contributed by atoms with E-state index in [1.54, 1.807) is 12.3 Å². The number of amides is 1. The van der Waals surface area contributed by atoms with Gasteiger partial charge in [-0.2, -0.15) is 5.10 Å². The van der Waals surface area contributed by atoms with Gasteiger partial charge >= 0.3 is 0 Å². The number of rotatable bonds is 4. The number of piperidine rings is 1. The van der Waals surface area contributed by atoms with Crippen LogP contribution in [0.2, 0.25) is 0 Å². The SMILES string of the molecule is Cc1ccc(NC(=O)CC2CCCN(c3cn[nH]c(=O)c3)C2)c(C)c1. The molecule has 1 aliphatic heterocycles. The Bertz CT molecular complexity index is 815. The number of aromatic nitrogens is 2. The minimum atomic E-state index is -0.202. The average molecular weight is 340 g/mol. The van der Waals surface area contributed by atoms with Crippen molar-refractivity contribution in [2.24, 2.45) is 5.92 Å². The van der Waals surface area contributed by atoms with E-state index < -0.39 is 0 Å². The lowest BCUT2D eigenvalue weighted by molar-refractivity contribution is -0.117. The number of nitrogens with zero attached hydrogens (tertiary/aromatic N) is 2. The Hall–Kier alpha value is -2.63. The number of H-pyrrole nitrogens is 1. The number of aromatic amines is 1. The van der Waals surface area contributed by atoms with E-state index in [9.17, 15) is 9.59 Å². The smallest absolute Gasteiger partial charge is 0.266 e. The first-order valence-corrected chi connectivity index (χ1v) is 8.68.